The van der Waals surface area contributed by atoms with Crippen molar-refractivity contribution in [1.29, 1.82) is 0 Å². The number of benzene rings is 1. The van der Waals surface area contributed by atoms with Crippen LogP contribution in [0.5, 0.6) is 0 Å². The molecule has 0 spiro atoms. The van der Waals surface area contributed by atoms with Crippen LogP contribution in [0, 0.1) is 6.92 Å². The minimum Gasteiger partial charge on any atom is -0.456 e. The van der Waals surface area contributed by atoms with E-state index in [4.69, 9.17) is 4.42 Å². The van der Waals surface area contributed by atoms with E-state index in [9.17, 15) is 13.2 Å². The lowest BCUT2D eigenvalue weighted by molar-refractivity contribution is 0.0965. The van der Waals surface area contributed by atoms with Gasteiger partial charge in [-0.25, -0.2) is 12.7 Å². The molecule has 2 rings (SSSR count). The summed E-state index contributed by atoms with van der Waals surface area (Å²) in [6, 6.07) is 9.61. The van der Waals surface area contributed by atoms with E-state index in [0.29, 0.717) is 11.4 Å². The molecule has 6 nitrogen and oxygen atoms in total. The summed E-state index contributed by atoms with van der Waals surface area (Å²) in [6.07, 6.45) is 0. The Morgan fingerprint density at radius 2 is 1.68 bits per heavy atom. The smallest absolute Gasteiger partial charge is 0.293 e. The highest BCUT2D eigenvalue weighted by atomic mass is 32.2. The summed E-state index contributed by atoms with van der Waals surface area (Å²) in [5.41, 5.74) is 0.301. The van der Waals surface area contributed by atoms with Crippen molar-refractivity contribution in [3.63, 3.8) is 0 Å². The van der Waals surface area contributed by atoms with E-state index in [1.165, 1.54) is 32.1 Å². The summed E-state index contributed by atoms with van der Waals surface area (Å²) in [7, 11) is 0.760. The number of nitrogens with zero attached hydrogens (tertiary/aromatic N) is 2. The van der Waals surface area contributed by atoms with E-state index in [0.717, 1.165) is 4.31 Å². The van der Waals surface area contributed by atoms with Gasteiger partial charge in [0, 0.05) is 21.1 Å². The van der Waals surface area contributed by atoms with Crippen LogP contribution in [-0.2, 0) is 10.0 Å². The molecule has 0 atom stereocenters. The highest BCUT2D eigenvalue weighted by molar-refractivity contribution is 7.89. The first kappa shape index (κ1) is 16.3. The summed E-state index contributed by atoms with van der Waals surface area (Å²) in [4.78, 5) is 13.8. The lowest BCUT2D eigenvalue weighted by atomic mass is 10.3. The Labute approximate surface area is 130 Å². The highest BCUT2D eigenvalue weighted by Gasteiger charge is 2.26. The number of para-hydroxylation sites is 1. The maximum atomic E-state index is 12.4. The van der Waals surface area contributed by atoms with E-state index < -0.39 is 15.9 Å². The normalized spacial score (nSPS) is 11.7. The van der Waals surface area contributed by atoms with Crippen molar-refractivity contribution in [2.45, 2.75) is 11.8 Å². The molecule has 7 heteroatoms. The zero-order valence-electron chi connectivity index (χ0n) is 12.9. The second kappa shape index (κ2) is 5.94. The maximum absolute atomic E-state index is 12.4. The van der Waals surface area contributed by atoms with Crippen LogP contribution in [0.3, 0.4) is 0 Å². The Hall–Kier alpha value is -2.12. The molecule has 1 amide bonds. The summed E-state index contributed by atoms with van der Waals surface area (Å²) in [6.45, 7) is 1.74. The van der Waals surface area contributed by atoms with Crippen LogP contribution in [0.4, 0.5) is 5.69 Å². The SMILES string of the molecule is Cc1ccc(C(=O)N(C)c2ccccc2S(=O)(=O)N(C)C)o1. The second-order valence-corrected chi connectivity index (χ2v) is 7.15. The van der Waals surface area contributed by atoms with Gasteiger partial charge >= 0.3 is 0 Å². The second-order valence-electron chi connectivity index (χ2n) is 5.03. The standard InChI is InChI=1S/C15H18N2O4S/c1-11-9-10-13(21-11)15(18)17(4)12-7-5-6-8-14(12)22(19,20)16(2)3/h5-10H,1-4H3. The molecule has 1 heterocycles. The van der Waals surface area contributed by atoms with Crippen molar-refractivity contribution in [2.75, 3.05) is 26.0 Å². The molecule has 1 aromatic heterocycles. The molecule has 0 bridgehead atoms. The van der Waals surface area contributed by atoms with Crippen molar-refractivity contribution >= 4 is 21.6 Å². The first-order valence-electron chi connectivity index (χ1n) is 6.61. The number of anilines is 1. The molecule has 0 aliphatic carbocycles. The van der Waals surface area contributed by atoms with E-state index in [2.05, 4.69) is 0 Å². The van der Waals surface area contributed by atoms with Gasteiger partial charge in [-0.15, -0.1) is 0 Å². The van der Waals surface area contributed by atoms with Crippen LogP contribution in [0.1, 0.15) is 16.3 Å². The van der Waals surface area contributed by atoms with Gasteiger partial charge in [0.25, 0.3) is 5.91 Å². The van der Waals surface area contributed by atoms with E-state index in [-0.39, 0.29) is 10.7 Å². The van der Waals surface area contributed by atoms with Crippen LogP contribution in [0.2, 0.25) is 0 Å². The number of sulfonamides is 1. The molecule has 0 aliphatic rings. The summed E-state index contributed by atoms with van der Waals surface area (Å²) in [5.74, 6) is 0.373. The minimum absolute atomic E-state index is 0.0686. The van der Waals surface area contributed by atoms with E-state index >= 15 is 0 Å². The van der Waals surface area contributed by atoms with Crippen molar-refractivity contribution in [3.8, 4) is 0 Å². The first-order valence-corrected chi connectivity index (χ1v) is 8.05. The first-order chi connectivity index (χ1) is 10.2. The van der Waals surface area contributed by atoms with Crippen LogP contribution in [0.25, 0.3) is 0 Å². The van der Waals surface area contributed by atoms with Gasteiger partial charge in [-0.3, -0.25) is 4.79 Å². The van der Waals surface area contributed by atoms with Gasteiger partial charge in [-0.1, -0.05) is 12.1 Å². The van der Waals surface area contributed by atoms with Gasteiger partial charge in [0.05, 0.1) is 5.69 Å². The predicted octanol–water partition coefficient (Wildman–Crippen LogP) is 2.11. The van der Waals surface area contributed by atoms with Crippen LogP contribution < -0.4 is 4.90 Å². The molecule has 0 fully saturated rings. The van der Waals surface area contributed by atoms with E-state index in [1.54, 1.807) is 37.3 Å². The molecule has 2 aromatic rings. The van der Waals surface area contributed by atoms with Crippen LogP contribution in [-0.4, -0.2) is 39.8 Å². The zero-order chi connectivity index (χ0) is 16.5. The lowest BCUT2D eigenvalue weighted by Crippen LogP contribution is -2.30. The van der Waals surface area contributed by atoms with Crippen molar-refractivity contribution in [2.24, 2.45) is 0 Å². The van der Waals surface area contributed by atoms with Crippen LogP contribution >= 0.6 is 0 Å². The molecular weight excluding hydrogens is 304 g/mol. The number of furan rings is 1. The molecular formula is C15H18N2O4S. The topological polar surface area (TPSA) is 70.8 Å². The Morgan fingerprint density at radius 3 is 2.23 bits per heavy atom. The monoisotopic (exact) mass is 322 g/mol. The third-order valence-corrected chi connectivity index (χ3v) is 5.10. The van der Waals surface area contributed by atoms with Gasteiger partial charge in [-0.05, 0) is 31.2 Å². The van der Waals surface area contributed by atoms with Gasteiger partial charge < -0.3 is 9.32 Å². The third-order valence-electron chi connectivity index (χ3n) is 3.24. The van der Waals surface area contributed by atoms with Crippen molar-refractivity contribution in [3.05, 3.63) is 47.9 Å². The molecule has 0 radical (unpaired) electrons. The quantitative estimate of drug-likeness (QED) is 0.864. The molecule has 0 saturated carbocycles. The molecule has 0 N–H and O–H groups in total. The van der Waals surface area contributed by atoms with Gasteiger partial charge in [0.2, 0.25) is 10.0 Å². The third kappa shape index (κ3) is 2.90. The predicted molar refractivity (Wildman–Crippen MR) is 83.5 cm³/mol. The fourth-order valence-corrected chi connectivity index (χ4v) is 3.09. The molecule has 0 aliphatic heterocycles. The Bertz CT molecular complexity index is 793. The maximum Gasteiger partial charge on any atom is 0.293 e. The Morgan fingerprint density at radius 1 is 1.05 bits per heavy atom. The minimum atomic E-state index is -3.65. The number of rotatable bonds is 4. The van der Waals surface area contributed by atoms with Gasteiger partial charge in [0.1, 0.15) is 10.7 Å². The van der Waals surface area contributed by atoms with Gasteiger partial charge in [0.15, 0.2) is 5.76 Å². The summed E-state index contributed by atoms with van der Waals surface area (Å²) < 4.78 is 31.2. The number of carbonyl (C=O) groups is 1. The molecule has 0 unspecified atom stereocenters. The van der Waals surface area contributed by atoms with Crippen molar-refractivity contribution in [1.82, 2.24) is 4.31 Å². The molecule has 118 valence electrons. The number of hydrogen-bond acceptors (Lipinski definition) is 4. The van der Waals surface area contributed by atoms with Crippen LogP contribution in [0.15, 0.2) is 45.7 Å². The largest absolute Gasteiger partial charge is 0.456 e. The Kier molecular flexibility index (Phi) is 4.39. The number of hydrogen-bond donors (Lipinski definition) is 0. The summed E-state index contributed by atoms with van der Waals surface area (Å²) in [5, 5.41) is 0. The highest BCUT2D eigenvalue weighted by Crippen LogP contribution is 2.27. The fraction of sp³-hybridized carbons (Fsp3) is 0.267. The number of carbonyl (C=O) groups excluding carboxylic acids is 1. The number of aryl methyl sites for hydroxylation is 1. The lowest BCUT2D eigenvalue weighted by Gasteiger charge is -2.21. The molecule has 22 heavy (non-hydrogen) atoms. The molecule has 0 saturated heterocycles. The van der Waals surface area contributed by atoms with Gasteiger partial charge in [-0.2, -0.15) is 0 Å². The average molecular weight is 322 g/mol. The molecule has 1 aromatic carbocycles. The fourth-order valence-electron chi connectivity index (χ4n) is 1.97. The van der Waals surface area contributed by atoms with E-state index in [1.807, 2.05) is 0 Å². The summed E-state index contributed by atoms with van der Waals surface area (Å²) >= 11 is 0. The average Bonchev–Trinajstić information content (AvgIpc) is 2.92. The zero-order valence-corrected chi connectivity index (χ0v) is 13.7. The van der Waals surface area contributed by atoms with Crippen molar-refractivity contribution < 1.29 is 17.6 Å². The number of amides is 1. The Balaban J connectivity index is 2.47.